The Kier molecular flexibility index (Phi) is 8.94. The van der Waals surface area contributed by atoms with E-state index in [-0.39, 0.29) is 51.5 Å². The molecule has 0 radical (unpaired) electrons. The second kappa shape index (κ2) is 11.5. The van der Waals surface area contributed by atoms with Crippen molar-refractivity contribution < 1.29 is 19.4 Å². The summed E-state index contributed by atoms with van der Waals surface area (Å²) in [6.45, 7) is 12.5. The van der Waals surface area contributed by atoms with Crippen molar-refractivity contribution in [3.8, 4) is 17.2 Å². The molecule has 0 fully saturated rings. The molecule has 4 aromatic rings. The van der Waals surface area contributed by atoms with Crippen LogP contribution in [-0.4, -0.2) is 34.2 Å². The number of ether oxygens (including phenoxy) is 2. The summed E-state index contributed by atoms with van der Waals surface area (Å²) in [6.07, 6.45) is 0. The maximum atomic E-state index is 13.8. The number of carbonyl (C=O) groups excluding carboxylic acids is 1. The smallest absolute Gasteiger partial charge is 0.203 e. The number of hydrogen-bond donors (Lipinski definition) is 2. The van der Waals surface area contributed by atoms with Crippen LogP contribution >= 0.6 is 17.0 Å². The molecule has 1 heterocycles. The van der Waals surface area contributed by atoms with Crippen LogP contribution in [0, 0.1) is 5.41 Å². The summed E-state index contributed by atoms with van der Waals surface area (Å²) in [5.41, 5.74) is 3.94. The molecule has 0 aliphatic heterocycles. The molecule has 4 rings (SSSR count). The molecule has 3 aromatic carbocycles. The number of fused-ring (bicyclic) bond motifs is 1. The van der Waals surface area contributed by atoms with Gasteiger partial charge in [0, 0.05) is 16.7 Å². The number of benzene rings is 3. The zero-order chi connectivity index (χ0) is 28.7. The minimum atomic E-state index is -0.349. The lowest BCUT2D eigenvalue weighted by atomic mass is 9.78. The summed E-state index contributed by atoms with van der Waals surface area (Å²) in [7, 11) is 3.23. The summed E-state index contributed by atoms with van der Waals surface area (Å²) in [5, 5.41) is 20.2. The minimum absolute atomic E-state index is 0. The average Bonchev–Trinajstić information content (AvgIpc) is 3.13. The number of carbonyl (C=O) groups is 1. The lowest BCUT2D eigenvalue weighted by molar-refractivity contribution is 0.0971. The third-order valence-corrected chi connectivity index (χ3v) is 7.17. The second-order valence-corrected chi connectivity index (χ2v) is 12.0. The van der Waals surface area contributed by atoms with Crippen LogP contribution in [0.25, 0.3) is 11.0 Å². The van der Waals surface area contributed by atoms with Gasteiger partial charge in [-0.05, 0) is 47.2 Å². The number of nitrogens with one attached hydrogen (secondary N) is 1. The van der Waals surface area contributed by atoms with Gasteiger partial charge in [0.05, 0.1) is 43.9 Å². The third-order valence-electron chi connectivity index (χ3n) is 7.17. The number of para-hydroxylation sites is 2. The maximum Gasteiger partial charge on any atom is 0.203 e. The first-order valence-electron chi connectivity index (χ1n) is 13.1. The molecule has 40 heavy (non-hydrogen) atoms. The van der Waals surface area contributed by atoms with Gasteiger partial charge in [0.25, 0.3) is 0 Å². The average molecular weight is 611 g/mol. The summed E-state index contributed by atoms with van der Waals surface area (Å²) in [6, 6.07) is 16.9. The van der Waals surface area contributed by atoms with Crippen molar-refractivity contribution in [1.82, 2.24) is 9.13 Å². The lowest BCUT2D eigenvalue weighted by Gasteiger charge is -2.28. The second-order valence-electron chi connectivity index (χ2n) is 12.0. The van der Waals surface area contributed by atoms with Gasteiger partial charge in [0.15, 0.2) is 5.78 Å². The summed E-state index contributed by atoms with van der Waals surface area (Å²) >= 11 is 0. The Bertz CT molecular complexity index is 1550. The summed E-state index contributed by atoms with van der Waals surface area (Å²) < 4.78 is 14.8. The predicted molar refractivity (Wildman–Crippen MR) is 165 cm³/mol. The predicted octanol–water partition coefficient (Wildman–Crippen LogP) is 6.75. The first kappa shape index (κ1) is 31.0. The van der Waals surface area contributed by atoms with Gasteiger partial charge in [-0.3, -0.25) is 10.2 Å². The van der Waals surface area contributed by atoms with E-state index >= 15 is 0 Å². The van der Waals surface area contributed by atoms with E-state index in [4.69, 9.17) is 14.9 Å². The van der Waals surface area contributed by atoms with Crippen molar-refractivity contribution in [1.29, 1.82) is 5.41 Å². The fourth-order valence-corrected chi connectivity index (χ4v) is 5.03. The summed E-state index contributed by atoms with van der Waals surface area (Å²) in [4.78, 5) is 13.8. The van der Waals surface area contributed by atoms with E-state index < -0.39 is 0 Å². The van der Waals surface area contributed by atoms with Crippen LogP contribution in [0.15, 0.2) is 54.6 Å². The van der Waals surface area contributed by atoms with Crippen molar-refractivity contribution in [2.24, 2.45) is 0 Å². The van der Waals surface area contributed by atoms with Crippen molar-refractivity contribution in [3.63, 3.8) is 0 Å². The number of phenols is 1. The third kappa shape index (κ3) is 5.82. The highest BCUT2D eigenvalue weighted by molar-refractivity contribution is 8.93. The number of aromatic hydroxyl groups is 1. The number of nitrogens with zero attached hydrogens (tertiary/aromatic N) is 2. The highest BCUT2D eigenvalue weighted by atomic mass is 79.9. The molecule has 2 N–H and O–H groups in total. The Balaban J connectivity index is 0.00000441. The number of rotatable bonds is 7. The Morgan fingerprint density at radius 3 is 1.75 bits per heavy atom. The largest absolute Gasteiger partial charge is 0.507 e. The van der Waals surface area contributed by atoms with Crippen molar-refractivity contribution in [3.05, 3.63) is 82.5 Å². The molecule has 7 nitrogen and oxygen atoms in total. The zero-order valence-corrected chi connectivity index (χ0v) is 26.3. The molecule has 0 bridgehead atoms. The van der Waals surface area contributed by atoms with Crippen LogP contribution in [0.4, 0.5) is 0 Å². The van der Waals surface area contributed by atoms with E-state index in [1.54, 1.807) is 30.9 Å². The molecule has 0 aliphatic carbocycles. The van der Waals surface area contributed by atoms with Crippen LogP contribution in [-0.2, 0) is 23.9 Å². The van der Waals surface area contributed by atoms with Gasteiger partial charge < -0.3 is 23.7 Å². The Hall–Kier alpha value is -3.52. The lowest BCUT2D eigenvalue weighted by Crippen LogP contribution is -2.28. The number of phenolic OH excluding ortho intramolecular Hbond substituents is 1. The van der Waals surface area contributed by atoms with E-state index in [1.807, 2.05) is 88.6 Å². The topological polar surface area (TPSA) is 89.5 Å². The van der Waals surface area contributed by atoms with E-state index in [9.17, 15) is 9.90 Å². The number of halogens is 1. The Morgan fingerprint density at radius 2 is 1.30 bits per heavy atom. The molecule has 0 unspecified atom stereocenters. The van der Waals surface area contributed by atoms with E-state index in [0.717, 1.165) is 27.7 Å². The minimum Gasteiger partial charge on any atom is -0.507 e. The maximum absolute atomic E-state index is 13.8. The highest BCUT2D eigenvalue weighted by Gasteiger charge is 2.28. The fourth-order valence-electron chi connectivity index (χ4n) is 5.03. The molecular weight excluding hydrogens is 570 g/mol. The van der Waals surface area contributed by atoms with Gasteiger partial charge in [-0.2, -0.15) is 0 Å². The number of hydrogen-bond acceptors (Lipinski definition) is 5. The van der Waals surface area contributed by atoms with Gasteiger partial charge >= 0.3 is 0 Å². The number of aromatic nitrogens is 2. The molecule has 0 aliphatic rings. The van der Waals surface area contributed by atoms with Crippen LogP contribution in [0.3, 0.4) is 0 Å². The highest BCUT2D eigenvalue weighted by Crippen LogP contribution is 2.40. The van der Waals surface area contributed by atoms with Gasteiger partial charge in [0.2, 0.25) is 5.62 Å². The summed E-state index contributed by atoms with van der Waals surface area (Å²) in [5.74, 6) is 1.45. The van der Waals surface area contributed by atoms with Crippen LogP contribution in [0.2, 0.25) is 0 Å². The number of imidazole rings is 1. The van der Waals surface area contributed by atoms with E-state index in [0.29, 0.717) is 23.6 Å². The quantitative estimate of drug-likeness (QED) is 0.227. The van der Waals surface area contributed by atoms with Crippen molar-refractivity contribution >= 4 is 33.8 Å². The first-order chi connectivity index (χ1) is 18.3. The molecular formula is C32H40BrN3O4. The molecule has 0 amide bonds. The van der Waals surface area contributed by atoms with E-state index in [2.05, 4.69) is 0 Å². The molecule has 0 atom stereocenters. The number of Topliss-reactive ketones (excluding diaryl/α,β-unsaturated/α-hetero) is 1. The normalized spacial score (nSPS) is 11.8. The monoisotopic (exact) mass is 609 g/mol. The van der Waals surface area contributed by atoms with Gasteiger partial charge in [-0.25, -0.2) is 0 Å². The standard InChI is InChI=1S/C32H39N3O4.BrH/c1-31(2,3)22-16-20(17-23(29(22)37)32(4,5)6)26(36)19-35-25-13-10-9-12-24(25)34(30(35)33)18-21-27(38-7)14-11-15-28(21)39-8;/h9-17,33,37H,18-19H2,1-8H3;1H. The SMILES string of the molecule is Br.COc1cccc(OC)c1Cn1c(=N)n(CC(=O)c2cc(C(C)(C)C)c(O)c(C(C)(C)C)c2)c2ccccc21. The molecule has 214 valence electrons. The van der Waals surface area contributed by atoms with Gasteiger partial charge in [-0.15, -0.1) is 17.0 Å². The van der Waals surface area contributed by atoms with Gasteiger partial charge in [-0.1, -0.05) is 59.7 Å². The molecule has 0 saturated heterocycles. The first-order valence-corrected chi connectivity index (χ1v) is 13.1. The molecule has 1 aromatic heterocycles. The molecule has 0 spiro atoms. The number of ketones is 1. The van der Waals surface area contributed by atoms with Crippen molar-refractivity contribution in [2.75, 3.05) is 14.2 Å². The van der Waals surface area contributed by atoms with Crippen LogP contribution < -0.4 is 15.1 Å². The Labute approximate surface area is 246 Å². The van der Waals surface area contributed by atoms with Crippen LogP contribution in [0.1, 0.15) is 68.6 Å². The molecule has 8 heteroatoms. The van der Waals surface area contributed by atoms with Gasteiger partial charge in [0.1, 0.15) is 17.2 Å². The fraction of sp³-hybridized carbons (Fsp3) is 0.375. The van der Waals surface area contributed by atoms with Crippen molar-refractivity contribution in [2.45, 2.75) is 65.5 Å². The van der Waals surface area contributed by atoms with Crippen LogP contribution in [0.5, 0.6) is 17.2 Å². The van der Waals surface area contributed by atoms with E-state index in [1.165, 1.54) is 0 Å². The Morgan fingerprint density at radius 1 is 0.825 bits per heavy atom. The zero-order valence-electron chi connectivity index (χ0n) is 24.6. The molecule has 0 saturated carbocycles. The number of methoxy groups -OCH3 is 2.